The van der Waals surface area contributed by atoms with Crippen LogP contribution in [0.25, 0.3) is 10.9 Å². The Hall–Kier alpha value is -1.77. The average molecular weight is 265 g/mol. The van der Waals surface area contributed by atoms with Crippen LogP contribution in [0, 0.1) is 0 Å². The summed E-state index contributed by atoms with van der Waals surface area (Å²) >= 11 is 0. The van der Waals surface area contributed by atoms with Gasteiger partial charge in [-0.05, 0) is 12.1 Å². The molecule has 0 saturated carbocycles. The topological polar surface area (TPSA) is 88.8 Å². The molecule has 3 N–H and O–H groups in total. The van der Waals surface area contributed by atoms with Gasteiger partial charge in [-0.2, -0.15) is 18.3 Å². The van der Waals surface area contributed by atoms with Crippen LogP contribution in [0.15, 0.2) is 23.2 Å². The molecule has 9 heteroatoms. The minimum Gasteiger partial charge on any atom is -0.398 e. The van der Waals surface area contributed by atoms with Gasteiger partial charge in [-0.15, -0.1) is 0 Å². The molecule has 2 aromatic rings. The van der Waals surface area contributed by atoms with Gasteiger partial charge in [0.1, 0.15) is 4.90 Å². The minimum absolute atomic E-state index is 0.135. The third-order valence-corrected chi connectivity index (χ3v) is 3.73. The fourth-order valence-electron chi connectivity index (χ4n) is 1.38. The van der Waals surface area contributed by atoms with Crippen molar-refractivity contribution in [3.05, 3.63) is 18.3 Å². The number of H-pyrrole nitrogens is 1. The van der Waals surface area contributed by atoms with E-state index in [1.165, 1.54) is 6.20 Å². The highest BCUT2D eigenvalue weighted by Gasteiger charge is 2.47. The highest BCUT2D eigenvalue weighted by atomic mass is 32.2. The van der Waals surface area contributed by atoms with Crippen LogP contribution in [0.3, 0.4) is 0 Å². The molecule has 2 rings (SSSR count). The van der Waals surface area contributed by atoms with E-state index in [9.17, 15) is 21.6 Å². The third kappa shape index (κ3) is 1.62. The number of aromatic amines is 1. The summed E-state index contributed by atoms with van der Waals surface area (Å²) in [6, 6.07) is 1.90. The lowest BCUT2D eigenvalue weighted by molar-refractivity contribution is -0.0435. The molecular weight excluding hydrogens is 259 g/mol. The number of hydrogen-bond donors (Lipinski definition) is 2. The number of nitrogens with zero attached hydrogens (tertiary/aromatic N) is 1. The standard InChI is InChI=1S/C8H6F3N3O2S/c9-8(10,11)17(15,16)6-2-1-5(12)4-3-13-14-7(4)6/h1-3H,12H2,(H,13,14). The molecule has 0 radical (unpaired) electrons. The van der Waals surface area contributed by atoms with Gasteiger partial charge in [-0.25, -0.2) is 8.42 Å². The van der Waals surface area contributed by atoms with E-state index in [4.69, 9.17) is 5.73 Å². The van der Waals surface area contributed by atoms with E-state index >= 15 is 0 Å². The first-order valence-electron chi connectivity index (χ1n) is 4.28. The smallest absolute Gasteiger partial charge is 0.398 e. The number of halogens is 3. The van der Waals surface area contributed by atoms with Crippen LogP contribution < -0.4 is 5.73 Å². The van der Waals surface area contributed by atoms with Crippen LogP contribution in [-0.2, 0) is 9.84 Å². The normalized spacial score (nSPS) is 13.1. The molecule has 0 unspecified atom stereocenters. The number of fused-ring (bicyclic) bond motifs is 1. The van der Waals surface area contributed by atoms with Crippen molar-refractivity contribution in [1.29, 1.82) is 0 Å². The van der Waals surface area contributed by atoms with Gasteiger partial charge in [0, 0.05) is 11.1 Å². The second-order valence-corrected chi connectivity index (χ2v) is 5.17. The fourth-order valence-corrected chi connectivity index (χ4v) is 2.30. The molecule has 0 aliphatic carbocycles. The number of nitrogen functional groups attached to an aromatic ring is 1. The first-order valence-corrected chi connectivity index (χ1v) is 5.76. The summed E-state index contributed by atoms with van der Waals surface area (Å²) in [4.78, 5) is -0.883. The summed E-state index contributed by atoms with van der Waals surface area (Å²) in [6.07, 6.45) is 1.17. The molecule has 1 aromatic heterocycles. The molecule has 5 nitrogen and oxygen atoms in total. The monoisotopic (exact) mass is 265 g/mol. The van der Waals surface area contributed by atoms with Crippen molar-refractivity contribution >= 4 is 26.4 Å². The van der Waals surface area contributed by atoms with Crippen LogP contribution >= 0.6 is 0 Å². The van der Waals surface area contributed by atoms with Crippen molar-refractivity contribution in [2.45, 2.75) is 10.4 Å². The number of nitrogens with one attached hydrogen (secondary N) is 1. The molecule has 92 valence electrons. The number of hydrogen-bond acceptors (Lipinski definition) is 4. The van der Waals surface area contributed by atoms with E-state index in [-0.39, 0.29) is 16.6 Å². The van der Waals surface area contributed by atoms with Gasteiger partial charge in [0.15, 0.2) is 0 Å². The van der Waals surface area contributed by atoms with Gasteiger partial charge in [-0.1, -0.05) is 0 Å². The Kier molecular flexibility index (Phi) is 2.31. The van der Waals surface area contributed by atoms with E-state index in [1.54, 1.807) is 0 Å². The summed E-state index contributed by atoms with van der Waals surface area (Å²) in [5, 5.41) is 5.81. The maximum Gasteiger partial charge on any atom is 0.501 e. The highest BCUT2D eigenvalue weighted by Crippen LogP contribution is 2.34. The molecule has 0 bridgehead atoms. The van der Waals surface area contributed by atoms with E-state index < -0.39 is 20.2 Å². The minimum atomic E-state index is -5.42. The first kappa shape index (κ1) is 11.7. The fraction of sp³-hybridized carbons (Fsp3) is 0.125. The summed E-state index contributed by atoms with van der Waals surface area (Å²) in [5.74, 6) is 0. The predicted molar refractivity (Wildman–Crippen MR) is 53.7 cm³/mol. The van der Waals surface area contributed by atoms with Crippen molar-refractivity contribution in [2.75, 3.05) is 5.73 Å². The zero-order chi connectivity index (χ0) is 12.8. The van der Waals surface area contributed by atoms with Gasteiger partial charge < -0.3 is 5.73 Å². The quantitative estimate of drug-likeness (QED) is 0.763. The van der Waals surface area contributed by atoms with Gasteiger partial charge in [0.2, 0.25) is 0 Å². The van der Waals surface area contributed by atoms with Crippen LogP contribution in [0.4, 0.5) is 18.9 Å². The molecule has 0 spiro atoms. The molecule has 0 aliphatic rings. The Morgan fingerprint density at radius 3 is 2.53 bits per heavy atom. The average Bonchev–Trinajstić information content (AvgIpc) is 2.65. The summed E-state index contributed by atoms with van der Waals surface area (Å²) in [7, 11) is -5.42. The van der Waals surface area contributed by atoms with Crippen LogP contribution in [0.1, 0.15) is 0 Å². The Morgan fingerprint density at radius 2 is 1.94 bits per heavy atom. The largest absolute Gasteiger partial charge is 0.501 e. The Labute approximate surface area is 93.3 Å². The molecule has 1 aromatic carbocycles. The number of nitrogens with two attached hydrogens (primary N) is 1. The second kappa shape index (κ2) is 3.36. The Balaban J connectivity index is 2.82. The molecule has 0 atom stereocenters. The number of anilines is 1. The summed E-state index contributed by atoms with van der Waals surface area (Å²) < 4.78 is 59.7. The van der Waals surface area contributed by atoms with E-state index in [0.717, 1.165) is 12.1 Å². The SMILES string of the molecule is Nc1ccc(S(=O)(=O)C(F)(F)F)c2[nH]ncc12. The van der Waals surface area contributed by atoms with Crippen LogP contribution in [0.5, 0.6) is 0 Å². The number of sulfone groups is 1. The summed E-state index contributed by atoms with van der Waals surface area (Å²) in [6.45, 7) is 0. The number of rotatable bonds is 1. The van der Waals surface area contributed by atoms with E-state index in [2.05, 4.69) is 10.2 Å². The van der Waals surface area contributed by atoms with Gasteiger partial charge >= 0.3 is 5.51 Å². The van der Waals surface area contributed by atoms with Crippen LogP contribution in [-0.4, -0.2) is 24.1 Å². The lowest BCUT2D eigenvalue weighted by Gasteiger charge is -2.09. The summed E-state index contributed by atoms with van der Waals surface area (Å²) in [5.41, 5.74) is 0.0260. The number of alkyl halides is 3. The second-order valence-electron chi connectivity index (χ2n) is 3.26. The van der Waals surface area contributed by atoms with Gasteiger partial charge in [0.05, 0.1) is 11.7 Å². The maximum atomic E-state index is 12.4. The molecule has 0 amide bonds. The van der Waals surface area contributed by atoms with Crippen molar-refractivity contribution < 1.29 is 21.6 Å². The first-order chi connectivity index (χ1) is 7.75. The molecule has 17 heavy (non-hydrogen) atoms. The number of aromatic nitrogens is 2. The molecular formula is C8H6F3N3O2S. The Morgan fingerprint density at radius 1 is 1.29 bits per heavy atom. The zero-order valence-electron chi connectivity index (χ0n) is 8.12. The molecule has 0 aliphatic heterocycles. The van der Waals surface area contributed by atoms with Crippen molar-refractivity contribution in [3.8, 4) is 0 Å². The molecule has 0 fully saturated rings. The number of benzene rings is 1. The predicted octanol–water partition coefficient (Wildman–Crippen LogP) is 1.44. The third-order valence-electron chi connectivity index (χ3n) is 2.21. The van der Waals surface area contributed by atoms with Gasteiger partial charge in [-0.3, -0.25) is 5.10 Å². The van der Waals surface area contributed by atoms with Crippen LogP contribution in [0.2, 0.25) is 0 Å². The zero-order valence-corrected chi connectivity index (χ0v) is 8.93. The van der Waals surface area contributed by atoms with Gasteiger partial charge in [0.25, 0.3) is 9.84 Å². The lowest BCUT2D eigenvalue weighted by atomic mass is 10.2. The van der Waals surface area contributed by atoms with Crippen molar-refractivity contribution in [3.63, 3.8) is 0 Å². The van der Waals surface area contributed by atoms with Crippen molar-refractivity contribution in [1.82, 2.24) is 10.2 Å². The Bertz CT molecular complexity index is 675. The maximum absolute atomic E-state index is 12.4. The van der Waals surface area contributed by atoms with E-state index in [1.807, 2.05) is 0 Å². The molecule has 1 heterocycles. The highest BCUT2D eigenvalue weighted by molar-refractivity contribution is 7.92. The molecule has 0 saturated heterocycles. The van der Waals surface area contributed by atoms with Crippen molar-refractivity contribution in [2.24, 2.45) is 0 Å². The lowest BCUT2D eigenvalue weighted by Crippen LogP contribution is -2.23. The van der Waals surface area contributed by atoms with E-state index in [0.29, 0.717) is 0 Å².